The minimum atomic E-state index is 0.443. The minimum absolute atomic E-state index is 0.443. The summed E-state index contributed by atoms with van der Waals surface area (Å²) in [7, 11) is 0. The molecular weight excluding hydrogens is 258 g/mol. The Hall–Kier alpha value is -0.990. The predicted molar refractivity (Wildman–Crippen MR) is 88.4 cm³/mol. The molecule has 0 radical (unpaired) electrons. The Kier molecular flexibility index (Phi) is 3.79. The van der Waals surface area contributed by atoms with Gasteiger partial charge in [0.2, 0.25) is 0 Å². The summed E-state index contributed by atoms with van der Waals surface area (Å²) in [5, 5.41) is 0. The zero-order valence-electron chi connectivity index (χ0n) is 14.2. The minimum Gasteiger partial charge on any atom is -0.384 e. The number of nitrogens with two attached hydrogens (primary N) is 1. The Bertz CT molecular complexity index is 497. The van der Waals surface area contributed by atoms with E-state index in [0.29, 0.717) is 17.4 Å². The molecule has 3 nitrogen and oxygen atoms in total. The summed E-state index contributed by atoms with van der Waals surface area (Å²) >= 11 is 0. The predicted octanol–water partition coefficient (Wildman–Crippen LogP) is 4.68. The third-order valence-corrected chi connectivity index (χ3v) is 5.62. The first kappa shape index (κ1) is 14.9. The molecule has 1 heterocycles. The van der Waals surface area contributed by atoms with Crippen LogP contribution in [0.15, 0.2) is 0 Å². The van der Waals surface area contributed by atoms with Crippen LogP contribution < -0.4 is 5.73 Å². The van der Waals surface area contributed by atoms with E-state index in [4.69, 9.17) is 10.7 Å². The fraction of sp³-hybridized carbons (Fsp3) is 0.833. The van der Waals surface area contributed by atoms with Crippen molar-refractivity contribution in [3.05, 3.63) is 11.5 Å². The van der Waals surface area contributed by atoms with Crippen molar-refractivity contribution in [2.45, 2.75) is 84.6 Å². The summed E-state index contributed by atoms with van der Waals surface area (Å²) in [6.07, 6.45) is 8.73. The highest BCUT2D eigenvalue weighted by Gasteiger charge is 2.34. The normalized spacial score (nSPS) is 27.0. The topological polar surface area (TPSA) is 43.8 Å². The third kappa shape index (κ3) is 2.84. The summed E-state index contributed by atoms with van der Waals surface area (Å²) in [5.74, 6) is 3.64. The van der Waals surface area contributed by atoms with Gasteiger partial charge in [-0.15, -0.1) is 0 Å². The first-order valence-electron chi connectivity index (χ1n) is 8.78. The molecule has 2 N–H and O–H groups in total. The molecule has 3 heteroatoms. The number of imidazole rings is 1. The van der Waals surface area contributed by atoms with Crippen molar-refractivity contribution < 1.29 is 0 Å². The molecule has 2 fully saturated rings. The van der Waals surface area contributed by atoms with Crippen LogP contribution >= 0.6 is 0 Å². The third-order valence-electron chi connectivity index (χ3n) is 5.62. The van der Waals surface area contributed by atoms with E-state index in [9.17, 15) is 0 Å². The van der Waals surface area contributed by atoms with Gasteiger partial charge in [0.05, 0.1) is 5.69 Å². The monoisotopic (exact) mass is 289 g/mol. The van der Waals surface area contributed by atoms with Crippen molar-refractivity contribution in [1.29, 1.82) is 0 Å². The maximum Gasteiger partial charge on any atom is 0.127 e. The highest BCUT2D eigenvalue weighted by Crippen LogP contribution is 2.46. The lowest BCUT2D eigenvalue weighted by Gasteiger charge is -2.36. The number of nitrogen functional groups attached to an aromatic ring is 1. The second-order valence-corrected chi connectivity index (χ2v) is 8.17. The Balaban J connectivity index is 1.76. The zero-order valence-corrected chi connectivity index (χ0v) is 14.2. The van der Waals surface area contributed by atoms with Crippen LogP contribution in [0, 0.1) is 11.3 Å². The van der Waals surface area contributed by atoms with Crippen molar-refractivity contribution in [1.82, 2.24) is 9.55 Å². The van der Waals surface area contributed by atoms with Crippen molar-refractivity contribution >= 4 is 5.82 Å². The number of aryl methyl sites for hydroxylation is 1. The van der Waals surface area contributed by atoms with Gasteiger partial charge in [0, 0.05) is 18.4 Å². The highest BCUT2D eigenvalue weighted by atomic mass is 15.2. The number of rotatable bonds is 3. The lowest BCUT2D eigenvalue weighted by atomic mass is 9.69. The van der Waals surface area contributed by atoms with Gasteiger partial charge in [-0.3, -0.25) is 0 Å². The van der Waals surface area contributed by atoms with E-state index in [1.54, 1.807) is 0 Å². The number of anilines is 1. The van der Waals surface area contributed by atoms with E-state index in [-0.39, 0.29) is 0 Å². The molecule has 0 aromatic carbocycles. The van der Waals surface area contributed by atoms with Gasteiger partial charge in [0.25, 0.3) is 0 Å². The van der Waals surface area contributed by atoms with E-state index >= 15 is 0 Å². The second kappa shape index (κ2) is 5.33. The summed E-state index contributed by atoms with van der Waals surface area (Å²) in [4.78, 5) is 4.94. The summed E-state index contributed by atoms with van der Waals surface area (Å²) in [5.41, 5.74) is 8.13. The number of hydrogen-bond acceptors (Lipinski definition) is 2. The van der Waals surface area contributed by atoms with Crippen molar-refractivity contribution in [2.24, 2.45) is 11.3 Å². The molecule has 3 rings (SSSR count). The number of nitrogens with zero attached hydrogens (tertiary/aromatic N) is 2. The number of aromatic nitrogens is 2. The number of hydrogen-bond donors (Lipinski definition) is 1. The van der Waals surface area contributed by atoms with Gasteiger partial charge in [-0.05, 0) is 49.9 Å². The first-order chi connectivity index (χ1) is 9.91. The summed E-state index contributed by atoms with van der Waals surface area (Å²) in [6, 6.07) is 0.645. The molecular formula is C18H31N3. The molecule has 2 saturated carbocycles. The summed E-state index contributed by atoms with van der Waals surface area (Å²) in [6.45, 7) is 9.33. The van der Waals surface area contributed by atoms with Gasteiger partial charge >= 0.3 is 0 Å². The van der Waals surface area contributed by atoms with E-state index in [1.807, 2.05) is 0 Å². The van der Waals surface area contributed by atoms with E-state index in [2.05, 4.69) is 32.3 Å². The molecule has 0 unspecified atom stereocenters. The van der Waals surface area contributed by atoms with Crippen LogP contribution in [0.3, 0.4) is 0 Å². The van der Waals surface area contributed by atoms with Crippen LogP contribution in [0.1, 0.15) is 89.7 Å². The van der Waals surface area contributed by atoms with Crippen LogP contribution in [-0.4, -0.2) is 9.55 Å². The Morgan fingerprint density at radius 1 is 1.10 bits per heavy atom. The molecule has 0 aliphatic heterocycles. The van der Waals surface area contributed by atoms with Crippen LogP contribution in [-0.2, 0) is 6.42 Å². The average molecular weight is 289 g/mol. The maximum atomic E-state index is 6.47. The van der Waals surface area contributed by atoms with Crippen molar-refractivity contribution in [3.63, 3.8) is 0 Å². The lowest BCUT2D eigenvalue weighted by Crippen LogP contribution is -2.25. The zero-order chi connectivity index (χ0) is 15.2. The molecule has 0 amide bonds. The average Bonchev–Trinajstić information content (AvgIpc) is 3.22. The smallest absolute Gasteiger partial charge is 0.127 e. The second-order valence-electron chi connectivity index (χ2n) is 8.17. The highest BCUT2D eigenvalue weighted by molar-refractivity contribution is 5.42. The molecule has 21 heavy (non-hydrogen) atoms. The quantitative estimate of drug-likeness (QED) is 0.877. The molecule has 0 bridgehead atoms. The Morgan fingerprint density at radius 2 is 1.71 bits per heavy atom. The Labute approximate surface area is 129 Å². The molecule has 1 aromatic rings. The van der Waals surface area contributed by atoms with Crippen molar-refractivity contribution in [3.8, 4) is 0 Å². The molecule has 2 aliphatic rings. The van der Waals surface area contributed by atoms with Crippen LogP contribution in [0.5, 0.6) is 0 Å². The van der Waals surface area contributed by atoms with Gasteiger partial charge in [0.1, 0.15) is 11.6 Å². The fourth-order valence-corrected chi connectivity index (χ4v) is 4.04. The SMILES string of the molecule is CCc1nc(C2CCC(C(C)(C)C)CC2)c(N)n1C1CC1. The van der Waals surface area contributed by atoms with Crippen LogP contribution in [0.25, 0.3) is 0 Å². The summed E-state index contributed by atoms with van der Waals surface area (Å²) < 4.78 is 2.34. The Morgan fingerprint density at radius 3 is 2.19 bits per heavy atom. The van der Waals surface area contributed by atoms with Gasteiger partial charge in [-0.2, -0.15) is 0 Å². The molecule has 0 spiro atoms. The first-order valence-corrected chi connectivity index (χ1v) is 8.78. The largest absolute Gasteiger partial charge is 0.384 e. The fourth-order valence-electron chi connectivity index (χ4n) is 4.04. The molecule has 0 saturated heterocycles. The molecule has 2 aliphatic carbocycles. The van der Waals surface area contributed by atoms with Gasteiger partial charge in [0.15, 0.2) is 0 Å². The lowest BCUT2D eigenvalue weighted by molar-refractivity contribution is 0.168. The van der Waals surface area contributed by atoms with Crippen LogP contribution in [0.4, 0.5) is 5.82 Å². The van der Waals surface area contributed by atoms with E-state index < -0.39 is 0 Å². The molecule has 0 atom stereocenters. The van der Waals surface area contributed by atoms with Gasteiger partial charge in [-0.25, -0.2) is 4.98 Å². The van der Waals surface area contributed by atoms with Gasteiger partial charge < -0.3 is 10.3 Å². The molecule has 118 valence electrons. The van der Waals surface area contributed by atoms with Crippen LogP contribution in [0.2, 0.25) is 0 Å². The maximum absolute atomic E-state index is 6.47. The van der Waals surface area contributed by atoms with Gasteiger partial charge in [-0.1, -0.05) is 27.7 Å². The van der Waals surface area contributed by atoms with Crippen molar-refractivity contribution in [2.75, 3.05) is 5.73 Å². The van der Waals surface area contributed by atoms with E-state index in [1.165, 1.54) is 50.0 Å². The van der Waals surface area contributed by atoms with E-state index in [0.717, 1.165) is 18.2 Å². The molecule has 1 aromatic heterocycles. The standard InChI is InChI=1S/C18H31N3/c1-5-15-20-16(17(19)21(15)14-10-11-14)12-6-8-13(9-7-12)18(2,3)4/h12-14H,5-11,19H2,1-4H3.